The maximum Gasteiger partial charge on any atom is 0.339 e. The third-order valence-electron chi connectivity index (χ3n) is 4.81. The van der Waals surface area contributed by atoms with Crippen LogP contribution in [0.2, 0.25) is 0 Å². The van der Waals surface area contributed by atoms with Crippen LogP contribution < -0.4 is 0 Å². The van der Waals surface area contributed by atoms with E-state index in [2.05, 4.69) is 6.92 Å². The second-order valence-electron chi connectivity index (χ2n) is 7.32. The monoisotopic (exact) mass is 405 g/mol. The number of unbranched alkanes of at least 4 members (excludes halogenated alkanes) is 14. The summed E-state index contributed by atoms with van der Waals surface area (Å²) in [5, 5.41) is 17.5. The zero-order valence-electron chi connectivity index (χ0n) is 18.0. The molecule has 0 aromatic heterocycles. The molecule has 0 aromatic carbocycles. The molecule has 0 bridgehead atoms. The largest absolute Gasteiger partial charge is 0.478 e. The van der Waals surface area contributed by atoms with Crippen molar-refractivity contribution in [2.75, 3.05) is 0 Å². The number of aliphatic carboxylic acids is 2. The normalized spacial score (nSPS) is 11.1. The van der Waals surface area contributed by atoms with Crippen molar-refractivity contribution in [3.8, 4) is 0 Å². The maximum atomic E-state index is 11.7. The molecule has 0 spiro atoms. The molecule has 0 saturated carbocycles. The van der Waals surface area contributed by atoms with E-state index in [1.165, 1.54) is 70.6 Å². The fourth-order valence-electron chi connectivity index (χ4n) is 3.18. The molecule has 6 heteroatoms. The van der Waals surface area contributed by atoms with Gasteiger partial charge in [-0.1, -0.05) is 96.8 Å². The average Bonchev–Trinajstić information content (AvgIpc) is 2.62. The number of Topliss-reactive ketones (excluding diaryl/α,β-unsaturated/α-hetero) is 1. The molecular weight excluding hydrogens is 367 g/mol. The molecule has 2 N–H and O–H groups in total. The number of hydrogen-bond acceptors (Lipinski definition) is 3. The minimum atomic E-state index is -1.47. The molecule has 0 rings (SSSR count). The van der Waals surface area contributed by atoms with Gasteiger partial charge in [-0.3, -0.25) is 4.79 Å². The van der Waals surface area contributed by atoms with Crippen molar-refractivity contribution in [1.29, 1.82) is 0 Å². The van der Waals surface area contributed by atoms with Gasteiger partial charge in [0.1, 0.15) is 5.57 Å². The van der Waals surface area contributed by atoms with Crippen LogP contribution in [0, 0.1) is 0 Å². The standard InChI is InChI=1S/C22H38O5.Na/c1-2-3-4-5-6-7-8-9-10-11-12-13-14-15-16-17-20(23)19(22(26)27)18-21(24)25;/h18H,2-17H2,1H3,(H,24,25)(H,26,27);/b19-18+;. The van der Waals surface area contributed by atoms with Gasteiger partial charge < -0.3 is 10.2 Å². The van der Waals surface area contributed by atoms with Crippen LogP contribution in [0.1, 0.15) is 110 Å². The summed E-state index contributed by atoms with van der Waals surface area (Å²) >= 11 is 0. The van der Waals surface area contributed by atoms with Crippen molar-refractivity contribution in [1.82, 2.24) is 0 Å². The van der Waals surface area contributed by atoms with Crippen molar-refractivity contribution in [3.05, 3.63) is 11.6 Å². The van der Waals surface area contributed by atoms with Crippen molar-refractivity contribution in [2.45, 2.75) is 110 Å². The van der Waals surface area contributed by atoms with Crippen molar-refractivity contribution >= 4 is 47.3 Å². The second kappa shape index (κ2) is 21.1. The predicted octanol–water partition coefficient (Wildman–Crippen LogP) is 5.53. The Balaban J connectivity index is 0. The third kappa shape index (κ3) is 18.7. The van der Waals surface area contributed by atoms with Crippen molar-refractivity contribution < 1.29 is 24.6 Å². The Hall–Kier alpha value is -0.650. The van der Waals surface area contributed by atoms with Gasteiger partial charge in [0.05, 0.1) is 0 Å². The van der Waals surface area contributed by atoms with E-state index in [0.717, 1.165) is 19.3 Å². The summed E-state index contributed by atoms with van der Waals surface area (Å²) in [7, 11) is 0. The molecule has 5 nitrogen and oxygen atoms in total. The Morgan fingerprint density at radius 2 is 1.00 bits per heavy atom. The van der Waals surface area contributed by atoms with Gasteiger partial charge in [-0.15, -0.1) is 0 Å². The molecule has 0 aliphatic rings. The minimum Gasteiger partial charge on any atom is -0.478 e. The number of carbonyl (C=O) groups is 3. The van der Waals surface area contributed by atoms with E-state index < -0.39 is 23.3 Å². The first-order valence-corrected chi connectivity index (χ1v) is 10.7. The average molecular weight is 406 g/mol. The van der Waals surface area contributed by atoms with E-state index in [1.54, 1.807) is 0 Å². The summed E-state index contributed by atoms with van der Waals surface area (Å²) in [5.41, 5.74) is -0.632. The first-order valence-electron chi connectivity index (χ1n) is 10.7. The molecule has 0 aliphatic carbocycles. The number of carboxylic acids is 2. The molecule has 1 radical (unpaired) electrons. The van der Waals surface area contributed by atoms with Gasteiger partial charge in [-0.05, 0) is 6.42 Å². The van der Waals surface area contributed by atoms with E-state index in [1.807, 2.05) is 0 Å². The number of carbonyl (C=O) groups excluding carboxylic acids is 1. The van der Waals surface area contributed by atoms with Crippen LogP contribution >= 0.6 is 0 Å². The molecule has 0 heterocycles. The molecule has 0 aliphatic heterocycles. The van der Waals surface area contributed by atoms with Gasteiger partial charge in [0.15, 0.2) is 5.78 Å². The van der Waals surface area contributed by atoms with Crippen molar-refractivity contribution in [2.24, 2.45) is 0 Å². The van der Waals surface area contributed by atoms with Crippen LogP contribution in [-0.2, 0) is 14.4 Å². The molecule has 0 amide bonds. The number of rotatable bonds is 19. The zero-order chi connectivity index (χ0) is 20.3. The topological polar surface area (TPSA) is 91.7 Å². The Morgan fingerprint density at radius 3 is 1.32 bits per heavy atom. The molecule has 0 fully saturated rings. The van der Waals surface area contributed by atoms with E-state index in [0.29, 0.717) is 12.5 Å². The summed E-state index contributed by atoms with van der Waals surface area (Å²) in [5.74, 6) is -3.47. The molecule has 0 saturated heterocycles. The molecular formula is C22H38NaO5. The Kier molecular flexibility index (Phi) is 22.2. The summed E-state index contributed by atoms with van der Waals surface area (Å²) in [6, 6.07) is 0. The molecule has 0 atom stereocenters. The predicted molar refractivity (Wildman–Crippen MR) is 114 cm³/mol. The zero-order valence-corrected chi connectivity index (χ0v) is 20.0. The van der Waals surface area contributed by atoms with E-state index in [9.17, 15) is 14.4 Å². The van der Waals surface area contributed by atoms with Crippen LogP contribution in [0.25, 0.3) is 0 Å². The number of ketones is 1. The van der Waals surface area contributed by atoms with E-state index >= 15 is 0 Å². The maximum absolute atomic E-state index is 11.7. The Bertz CT molecular complexity index is 460. The fraction of sp³-hybridized carbons (Fsp3) is 0.773. The van der Waals surface area contributed by atoms with Gasteiger partial charge in [0.25, 0.3) is 0 Å². The van der Waals surface area contributed by atoms with Crippen LogP contribution in [0.4, 0.5) is 0 Å². The molecule has 0 aromatic rings. The smallest absolute Gasteiger partial charge is 0.339 e. The quantitative estimate of drug-likeness (QED) is 0.0969. The SMILES string of the molecule is CCCCCCCCCCCCCCCCCC(=O)/C(=C\C(=O)O)C(=O)O.[Na]. The summed E-state index contributed by atoms with van der Waals surface area (Å²) in [4.78, 5) is 33.2. The molecule has 0 unspecified atom stereocenters. The van der Waals surface area contributed by atoms with E-state index in [-0.39, 0.29) is 36.0 Å². The minimum absolute atomic E-state index is 0. The van der Waals surface area contributed by atoms with Crippen LogP contribution in [-0.4, -0.2) is 57.5 Å². The van der Waals surface area contributed by atoms with Gasteiger partial charge in [0, 0.05) is 42.1 Å². The third-order valence-corrected chi connectivity index (χ3v) is 4.81. The molecule has 28 heavy (non-hydrogen) atoms. The van der Waals surface area contributed by atoms with Gasteiger partial charge >= 0.3 is 11.9 Å². The van der Waals surface area contributed by atoms with Crippen molar-refractivity contribution in [3.63, 3.8) is 0 Å². The fourth-order valence-corrected chi connectivity index (χ4v) is 3.18. The Morgan fingerprint density at radius 1 is 0.643 bits per heavy atom. The number of carboxylic acid groups (broad SMARTS) is 2. The summed E-state index contributed by atoms with van der Waals surface area (Å²) in [6.07, 6.45) is 18.9. The Labute approximate surface area is 192 Å². The summed E-state index contributed by atoms with van der Waals surface area (Å²) in [6.45, 7) is 2.24. The van der Waals surface area contributed by atoms with Gasteiger partial charge in [-0.25, -0.2) is 9.59 Å². The van der Waals surface area contributed by atoms with Crippen LogP contribution in [0.5, 0.6) is 0 Å². The summed E-state index contributed by atoms with van der Waals surface area (Å²) < 4.78 is 0. The second-order valence-corrected chi connectivity index (χ2v) is 7.32. The van der Waals surface area contributed by atoms with Gasteiger partial charge in [0.2, 0.25) is 0 Å². The van der Waals surface area contributed by atoms with Crippen LogP contribution in [0.15, 0.2) is 11.6 Å². The van der Waals surface area contributed by atoms with Gasteiger partial charge in [-0.2, -0.15) is 0 Å². The number of hydrogen-bond donors (Lipinski definition) is 2. The first-order chi connectivity index (χ1) is 13.0. The van der Waals surface area contributed by atoms with E-state index in [4.69, 9.17) is 10.2 Å². The first kappa shape index (κ1) is 29.6. The van der Waals surface area contributed by atoms with Crippen LogP contribution in [0.3, 0.4) is 0 Å². The molecule has 157 valence electrons.